The van der Waals surface area contributed by atoms with E-state index in [0.717, 1.165) is 33.2 Å². The fourth-order valence-electron chi connectivity index (χ4n) is 1.63. The summed E-state index contributed by atoms with van der Waals surface area (Å²) in [5.41, 5.74) is 2.05. The molecule has 0 atom stereocenters. The number of hydrogen-bond acceptors (Lipinski definition) is 1. The van der Waals surface area contributed by atoms with Crippen LogP contribution in [0.4, 0.5) is 0 Å². The van der Waals surface area contributed by atoms with Gasteiger partial charge in [-0.1, -0.05) is 35.5 Å². The first-order chi connectivity index (χ1) is 6.76. The number of furan rings is 1. The summed E-state index contributed by atoms with van der Waals surface area (Å²) in [5, 5.41) is 1.13. The highest BCUT2D eigenvalue weighted by Crippen LogP contribution is 2.29. The van der Waals surface area contributed by atoms with Gasteiger partial charge in [0.15, 0.2) is 0 Å². The number of aryl methyl sites for hydroxylation is 1. The van der Waals surface area contributed by atoms with Gasteiger partial charge in [0.05, 0.1) is 0 Å². The normalized spacial score (nSPS) is 10.7. The van der Waals surface area contributed by atoms with Crippen LogP contribution in [0.2, 0.25) is 0 Å². The smallest absolute Gasteiger partial charge is 0.134 e. The number of benzene rings is 1. The van der Waals surface area contributed by atoms with Crippen LogP contribution < -0.4 is 0 Å². The van der Waals surface area contributed by atoms with Crippen LogP contribution in [0.1, 0.15) is 18.2 Å². The van der Waals surface area contributed by atoms with Crippen LogP contribution in [0.25, 0.3) is 17.0 Å². The Hall–Kier alpha value is -1.02. The third-order valence-electron chi connectivity index (χ3n) is 2.29. The molecule has 0 aliphatic carbocycles. The van der Waals surface area contributed by atoms with E-state index in [-0.39, 0.29) is 0 Å². The van der Waals surface area contributed by atoms with E-state index in [1.165, 1.54) is 0 Å². The summed E-state index contributed by atoms with van der Waals surface area (Å²) in [5.74, 6) is 1.01. The van der Waals surface area contributed by atoms with E-state index in [4.69, 9.17) is 4.42 Å². The zero-order valence-electron chi connectivity index (χ0n) is 8.01. The lowest BCUT2D eigenvalue weighted by Gasteiger charge is -1.92. The van der Waals surface area contributed by atoms with E-state index in [1.807, 2.05) is 18.2 Å². The largest absolute Gasteiger partial charge is 0.460 e. The van der Waals surface area contributed by atoms with Crippen LogP contribution in [0.15, 0.2) is 33.7 Å². The molecule has 72 valence electrons. The molecule has 2 heteroatoms. The predicted octanol–water partition coefficient (Wildman–Crippen LogP) is 4.40. The van der Waals surface area contributed by atoms with E-state index in [2.05, 4.69) is 35.5 Å². The lowest BCUT2D eigenvalue weighted by atomic mass is 10.1. The molecule has 0 saturated heterocycles. The molecule has 0 amide bonds. The molecule has 0 aliphatic heterocycles. The monoisotopic (exact) mass is 250 g/mol. The maximum absolute atomic E-state index is 5.70. The molecular weight excluding hydrogens is 240 g/mol. The van der Waals surface area contributed by atoms with E-state index < -0.39 is 0 Å². The molecule has 0 spiro atoms. The van der Waals surface area contributed by atoms with Gasteiger partial charge in [0.2, 0.25) is 0 Å². The second-order valence-electron chi connectivity index (χ2n) is 3.14. The summed E-state index contributed by atoms with van der Waals surface area (Å²) in [4.78, 5) is 0. The van der Waals surface area contributed by atoms with Gasteiger partial charge in [-0.2, -0.15) is 0 Å². The Morgan fingerprint density at radius 2 is 2.29 bits per heavy atom. The van der Waals surface area contributed by atoms with Crippen molar-refractivity contribution < 1.29 is 4.42 Å². The molecule has 1 aromatic heterocycles. The molecule has 2 rings (SSSR count). The number of rotatable bonds is 2. The zero-order chi connectivity index (χ0) is 10.1. The van der Waals surface area contributed by atoms with Crippen LogP contribution in [0.3, 0.4) is 0 Å². The fraction of sp³-hybridized carbons (Fsp3) is 0.167. The van der Waals surface area contributed by atoms with Gasteiger partial charge in [0.1, 0.15) is 11.3 Å². The van der Waals surface area contributed by atoms with E-state index in [0.29, 0.717) is 0 Å². The molecule has 0 unspecified atom stereocenters. The van der Waals surface area contributed by atoms with Crippen LogP contribution in [0.5, 0.6) is 0 Å². The minimum atomic E-state index is 0.896. The summed E-state index contributed by atoms with van der Waals surface area (Å²) in [6, 6.07) is 6.03. The minimum Gasteiger partial charge on any atom is -0.460 e. The summed E-state index contributed by atoms with van der Waals surface area (Å²) in [7, 11) is 0. The van der Waals surface area contributed by atoms with Crippen LogP contribution in [-0.2, 0) is 6.42 Å². The molecular formula is C12H11BrO. The van der Waals surface area contributed by atoms with Crippen LogP contribution in [-0.4, -0.2) is 0 Å². The van der Waals surface area contributed by atoms with Crippen molar-refractivity contribution in [1.29, 1.82) is 0 Å². The first-order valence-electron chi connectivity index (χ1n) is 4.59. The summed E-state index contributed by atoms with van der Waals surface area (Å²) >= 11 is 3.45. The Bertz CT molecular complexity index is 482. The van der Waals surface area contributed by atoms with Crippen molar-refractivity contribution in [3.05, 3.63) is 40.6 Å². The zero-order valence-corrected chi connectivity index (χ0v) is 9.60. The average molecular weight is 251 g/mol. The number of halogens is 1. The lowest BCUT2D eigenvalue weighted by molar-refractivity contribution is 0.556. The molecule has 0 N–H and O–H groups in total. The van der Waals surface area contributed by atoms with Gasteiger partial charge in [0.25, 0.3) is 0 Å². The van der Waals surface area contributed by atoms with Crippen molar-refractivity contribution in [2.75, 3.05) is 0 Å². The van der Waals surface area contributed by atoms with Crippen molar-refractivity contribution >= 4 is 33.0 Å². The number of fused-ring (bicyclic) bond motifs is 1. The van der Waals surface area contributed by atoms with Crippen molar-refractivity contribution in [2.45, 2.75) is 13.3 Å². The number of hydrogen-bond donors (Lipinski definition) is 0. The highest BCUT2D eigenvalue weighted by Gasteiger charge is 2.09. The molecule has 0 bridgehead atoms. The fourth-order valence-corrected chi connectivity index (χ4v) is 1.99. The maximum Gasteiger partial charge on any atom is 0.134 e. The molecule has 0 fully saturated rings. The second-order valence-corrected chi connectivity index (χ2v) is 4.05. The standard InChI is InChI=1S/C12H11BrO/c1-3-9-10-7-8(13)5-6-12(10)14-11(9)4-2/h3,5-7H,1,4H2,2H3. The molecule has 0 aliphatic rings. The molecule has 0 radical (unpaired) electrons. The first-order valence-corrected chi connectivity index (χ1v) is 5.39. The quantitative estimate of drug-likeness (QED) is 0.770. The second kappa shape index (κ2) is 3.62. The lowest BCUT2D eigenvalue weighted by Crippen LogP contribution is -1.77. The molecule has 1 aromatic carbocycles. The summed E-state index contributed by atoms with van der Waals surface area (Å²) < 4.78 is 6.77. The van der Waals surface area contributed by atoms with Crippen molar-refractivity contribution in [2.24, 2.45) is 0 Å². The van der Waals surface area contributed by atoms with Crippen molar-refractivity contribution in [3.8, 4) is 0 Å². The van der Waals surface area contributed by atoms with Crippen LogP contribution >= 0.6 is 15.9 Å². The molecule has 0 saturated carbocycles. The van der Waals surface area contributed by atoms with Gasteiger partial charge in [-0.25, -0.2) is 0 Å². The van der Waals surface area contributed by atoms with Crippen LogP contribution in [0, 0.1) is 0 Å². The van der Waals surface area contributed by atoms with Crippen molar-refractivity contribution in [3.63, 3.8) is 0 Å². The van der Waals surface area contributed by atoms with Gasteiger partial charge >= 0.3 is 0 Å². The molecule has 2 aromatic rings. The Balaban J connectivity index is 2.81. The SMILES string of the molecule is C=Cc1c(CC)oc2ccc(Br)cc12. The average Bonchev–Trinajstić information content (AvgIpc) is 2.54. The Kier molecular flexibility index (Phi) is 2.46. The summed E-state index contributed by atoms with van der Waals surface area (Å²) in [6.45, 7) is 5.90. The first kappa shape index (κ1) is 9.53. The summed E-state index contributed by atoms with van der Waals surface area (Å²) in [6.07, 6.45) is 2.75. The van der Waals surface area contributed by atoms with Crippen molar-refractivity contribution in [1.82, 2.24) is 0 Å². The van der Waals surface area contributed by atoms with Gasteiger partial charge in [-0.15, -0.1) is 0 Å². The minimum absolute atomic E-state index is 0.896. The predicted molar refractivity (Wildman–Crippen MR) is 63.4 cm³/mol. The van der Waals surface area contributed by atoms with Gasteiger partial charge in [0, 0.05) is 21.8 Å². The van der Waals surface area contributed by atoms with Gasteiger partial charge in [-0.05, 0) is 18.2 Å². The van der Waals surface area contributed by atoms with E-state index >= 15 is 0 Å². The molecule has 1 heterocycles. The third kappa shape index (κ3) is 1.40. The Morgan fingerprint density at radius 3 is 2.93 bits per heavy atom. The van der Waals surface area contributed by atoms with E-state index in [1.54, 1.807) is 0 Å². The van der Waals surface area contributed by atoms with Gasteiger partial charge < -0.3 is 4.42 Å². The van der Waals surface area contributed by atoms with Gasteiger partial charge in [-0.3, -0.25) is 0 Å². The third-order valence-corrected chi connectivity index (χ3v) is 2.78. The highest BCUT2D eigenvalue weighted by molar-refractivity contribution is 9.10. The highest BCUT2D eigenvalue weighted by atomic mass is 79.9. The Morgan fingerprint density at radius 1 is 1.50 bits per heavy atom. The Labute approximate surface area is 91.5 Å². The maximum atomic E-state index is 5.70. The molecule has 14 heavy (non-hydrogen) atoms. The van der Waals surface area contributed by atoms with E-state index in [9.17, 15) is 0 Å². The topological polar surface area (TPSA) is 13.1 Å². The molecule has 1 nitrogen and oxygen atoms in total.